The summed E-state index contributed by atoms with van der Waals surface area (Å²) >= 11 is 0. The van der Waals surface area contributed by atoms with Crippen molar-refractivity contribution in [3.05, 3.63) is 29.8 Å². The molecule has 1 atom stereocenters. The van der Waals surface area contributed by atoms with Gasteiger partial charge in [0.05, 0.1) is 5.54 Å². The van der Waals surface area contributed by atoms with Crippen LogP contribution in [0.15, 0.2) is 24.3 Å². The molecule has 0 saturated carbocycles. The molecular formula is C14H21N3O2. The summed E-state index contributed by atoms with van der Waals surface area (Å²) in [4.78, 5) is 22.3. The lowest BCUT2D eigenvalue weighted by Gasteiger charge is -2.27. The number of hydrogen-bond donors (Lipinski definition) is 3. The van der Waals surface area contributed by atoms with Crippen LogP contribution in [0.1, 0.15) is 39.3 Å². The zero-order valence-corrected chi connectivity index (χ0v) is 11.8. The molecule has 2 amide bonds. The summed E-state index contributed by atoms with van der Waals surface area (Å²) in [5.74, 6) is -0.521. The van der Waals surface area contributed by atoms with Crippen LogP contribution < -0.4 is 16.4 Å². The maximum atomic E-state index is 11.3. The molecule has 0 fully saturated rings. The molecular weight excluding hydrogens is 242 g/mol. The van der Waals surface area contributed by atoms with Crippen LogP contribution >= 0.6 is 0 Å². The summed E-state index contributed by atoms with van der Waals surface area (Å²) in [6.07, 6.45) is 0. The van der Waals surface area contributed by atoms with E-state index in [1.165, 1.54) is 6.92 Å². The van der Waals surface area contributed by atoms with Crippen molar-refractivity contribution in [1.29, 1.82) is 0 Å². The standard InChI is InChI=1S/C14H21N3O2/c1-9(17-14(3,4)13(15)19)11-6-5-7-12(8-11)16-10(2)18/h5-9,17H,1-4H3,(H2,15,19)(H,16,18). The van der Waals surface area contributed by atoms with Gasteiger partial charge in [-0.2, -0.15) is 0 Å². The molecule has 0 aromatic heterocycles. The number of amides is 2. The Morgan fingerprint density at radius 1 is 1.32 bits per heavy atom. The highest BCUT2D eigenvalue weighted by Crippen LogP contribution is 2.19. The van der Waals surface area contributed by atoms with E-state index in [9.17, 15) is 9.59 Å². The number of hydrogen-bond acceptors (Lipinski definition) is 3. The van der Waals surface area contributed by atoms with Crippen LogP contribution in [0.5, 0.6) is 0 Å². The van der Waals surface area contributed by atoms with Gasteiger partial charge in [0.2, 0.25) is 11.8 Å². The molecule has 5 heteroatoms. The maximum absolute atomic E-state index is 11.3. The molecule has 0 aliphatic carbocycles. The van der Waals surface area contributed by atoms with Crippen molar-refractivity contribution in [2.45, 2.75) is 39.3 Å². The molecule has 4 N–H and O–H groups in total. The van der Waals surface area contributed by atoms with Crippen molar-refractivity contribution in [3.63, 3.8) is 0 Å². The molecule has 1 rings (SSSR count). The molecule has 1 unspecified atom stereocenters. The molecule has 19 heavy (non-hydrogen) atoms. The third-order valence-corrected chi connectivity index (χ3v) is 2.90. The van der Waals surface area contributed by atoms with Gasteiger partial charge in [0, 0.05) is 18.7 Å². The second-order valence-electron chi connectivity index (χ2n) is 5.16. The van der Waals surface area contributed by atoms with E-state index in [0.717, 1.165) is 11.3 Å². The van der Waals surface area contributed by atoms with Crippen molar-refractivity contribution in [2.24, 2.45) is 5.73 Å². The molecule has 0 heterocycles. The Balaban J connectivity index is 2.85. The Labute approximate surface area is 113 Å². The second-order valence-corrected chi connectivity index (χ2v) is 5.16. The maximum Gasteiger partial charge on any atom is 0.237 e. The summed E-state index contributed by atoms with van der Waals surface area (Å²) in [6.45, 7) is 6.88. The molecule has 0 bridgehead atoms. The molecule has 0 aliphatic heterocycles. The molecule has 104 valence electrons. The highest BCUT2D eigenvalue weighted by molar-refractivity contribution is 5.88. The van der Waals surface area contributed by atoms with Crippen LogP contribution in [-0.4, -0.2) is 17.4 Å². The Morgan fingerprint density at radius 2 is 1.95 bits per heavy atom. The van der Waals surface area contributed by atoms with Gasteiger partial charge < -0.3 is 11.1 Å². The van der Waals surface area contributed by atoms with Crippen LogP contribution in [-0.2, 0) is 9.59 Å². The van der Waals surface area contributed by atoms with Gasteiger partial charge in [0.1, 0.15) is 0 Å². The van der Waals surface area contributed by atoms with E-state index in [-0.39, 0.29) is 11.9 Å². The first-order valence-electron chi connectivity index (χ1n) is 6.17. The summed E-state index contributed by atoms with van der Waals surface area (Å²) in [5, 5.41) is 5.89. The minimum atomic E-state index is -0.788. The topological polar surface area (TPSA) is 84.2 Å². The van der Waals surface area contributed by atoms with E-state index < -0.39 is 11.4 Å². The van der Waals surface area contributed by atoms with E-state index in [1.807, 2.05) is 31.2 Å². The quantitative estimate of drug-likeness (QED) is 0.753. The molecule has 0 radical (unpaired) electrons. The van der Waals surface area contributed by atoms with Gasteiger partial charge in [-0.1, -0.05) is 12.1 Å². The third kappa shape index (κ3) is 4.37. The van der Waals surface area contributed by atoms with Crippen molar-refractivity contribution >= 4 is 17.5 Å². The first-order chi connectivity index (χ1) is 8.72. The van der Waals surface area contributed by atoms with E-state index >= 15 is 0 Å². The van der Waals surface area contributed by atoms with Gasteiger partial charge in [-0.15, -0.1) is 0 Å². The largest absolute Gasteiger partial charge is 0.368 e. The highest BCUT2D eigenvalue weighted by Gasteiger charge is 2.26. The van der Waals surface area contributed by atoms with Crippen molar-refractivity contribution < 1.29 is 9.59 Å². The van der Waals surface area contributed by atoms with Gasteiger partial charge in [0.15, 0.2) is 0 Å². The smallest absolute Gasteiger partial charge is 0.237 e. The van der Waals surface area contributed by atoms with Gasteiger partial charge in [0.25, 0.3) is 0 Å². The van der Waals surface area contributed by atoms with E-state index in [4.69, 9.17) is 5.73 Å². The zero-order chi connectivity index (χ0) is 14.6. The molecule has 1 aromatic carbocycles. The molecule has 0 saturated heterocycles. The minimum absolute atomic E-state index is 0.0591. The second kappa shape index (κ2) is 5.84. The Bertz CT molecular complexity index is 483. The normalized spacial score (nSPS) is 12.8. The lowest BCUT2D eigenvalue weighted by molar-refractivity contribution is -0.123. The third-order valence-electron chi connectivity index (χ3n) is 2.90. The fraction of sp³-hybridized carbons (Fsp3) is 0.429. The summed E-state index contributed by atoms with van der Waals surface area (Å²) < 4.78 is 0. The summed E-state index contributed by atoms with van der Waals surface area (Å²) in [6, 6.07) is 7.42. The first kappa shape index (κ1) is 15.2. The number of carbonyl (C=O) groups is 2. The number of rotatable bonds is 5. The number of anilines is 1. The number of nitrogens with two attached hydrogens (primary N) is 1. The van der Waals surface area contributed by atoms with E-state index in [1.54, 1.807) is 13.8 Å². The zero-order valence-electron chi connectivity index (χ0n) is 11.8. The van der Waals surface area contributed by atoms with Crippen molar-refractivity contribution in [2.75, 3.05) is 5.32 Å². The predicted octanol–water partition coefficient (Wildman–Crippen LogP) is 1.56. The highest BCUT2D eigenvalue weighted by atomic mass is 16.2. The number of primary amides is 1. The van der Waals surface area contributed by atoms with Crippen molar-refractivity contribution in [3.8, 4) is 0 Å². The van der Waals surface area contributed by atoms with Crippen LogP contribution in [0.4, 0.5) is 5.69 Å². The summed E-state index contributed by atoms with van der Waals surface area (Å²) in [5.41, 5.74) is 6.25. The first-order valence-corrected chi connectivity index (χ1v) is 6.17. The lowest BCUT2D eigenvalue weighted by Crippen LogP contribution is -2.51. The Morgan fingerprint density at radius 3 is 2.47 bits per heavy atom. The average Bonchev–Trinajstić information content (AvgIpc) is 2.27. The monoisotopic (exact) mass is 263 g/mol. The van der Waals surface area contributed by atoms with E-state index in [2.05, 4.69) is 10.6 Å². The number of benzene rings is 1. The lowest BCUT2D eigenvalue weighted by atomic mass is 10.00. The molecule has 0 aliphatic rings. The van der Waals surface area contributed by atoms with E-state index in [0.29, 0.717) is 0 Å². The van der Waals surface area contributed by atoms with Gasteiger partial charge >= 0.3 is 0 Å². The van der Waals surface area contributed by atoms with Crippen LogP contribution in [0.3, 0.4) is 0 Å². The van der Waals surface area contributed by atoms with Crippen LogP contribution in [0.2, 0.25) is 0 Å². The van der Waals surface area contributed by atoms with Gasteiger partial charge in [-0.3, -0.25) is 14.9 Å². The molecule has 5 nitrogen and oxygen atoms in total. The predicted molar refractivity (Wildman–Crippen MR) is 75.6 cm³/mol. The number of carbonyl (C=O) groups excluding carboxylic acids is 2. The van der Waals surface area contributed by atoms with Crippen LogP contribution in [0.25, 0.3) is 0 Å². The fourth-order valence-electron chi connectivity index (χ4n) is 1.78. The Hall–Kier alpha value is -1.88. The molecule has 1 aromatic rings. The molecule has 0 spiro atoms. The Kier molecular flexibility index (Phi) is 4.67. The summed E-state index contributed by atoms with van der Waals surface area (Å²) in [7, 11) is 0. The number of nitrogens with one attached hydrogen (secondary N) is 2. The van der Waals surface area contributed by atoms with Gasteiger partial charge in [-0.25, -0.2) is 0 Å². The minimum Gasteiger partial charge on any atom is -0.368 e. The average molecular weight is 263 g/mol. The fourth-order valence-corrected chi connectivity index (χ4v) is 1.78. The van der Waals surface area contributed by atoms with Gasteiger partial charge in [-0.05, 0) is 38.5 Å². The van der Waals surface area contributed by atoms with Crippen molar-refractivity contribution in [1.82, 2.24) is 5.32 Å². The SMILES string of the molecule is CC(=O)Nc1cccc(C(C)NC(C)(C)C(N)=O)c1. The van der Waals surface area contributed by atoms with Crippen LogP contribution in [0, 0.1) is 0 Å².